The van der Waals surface area contributed by atoms with Gasteiger partial charge in [-0.3, -0.25) is 0 Å². The summed E-state index contributed by atoms with van der Waals surface area (Å²) in [6.07, 6.45) is 10.9. The zero-order valence-corrected chi connectivity index (χ0v) is 10.0. The van der Waals surface area contributed by atoms with Crippen LogP contribution in [0, 0.1) is 0 Å². The molecule has 0 rings (SSSR count). The van der Waals surface area contributed by atoms with Crippen molar-refractivity contribution in [2.75, 3.05) is 6.54 Å². The summed E-state index contributed by atoms with van der Waals surface area (Å²) in [5.74, 6) is 0. The molecule has 0 aromatic rings. The number of unbranched alkanes of at least 4 members (excludes halogenated alkanes) is 6. The zero-order valence-electron chi connectivity index (χ0n) is 10.0. The van der Waals surface area contributed by atoms with E-state index in [-0.39, 0.29) is 6.17 Å². The van der Waals surface area contributed by atoms with Crippen LogP contribution in [-0.2, 0) is 0 Å². The Morgan fingerprint density at radius 1 is 0.929 bits per heavy atom. The van der Waals surface area contributed by atoms with Crippen LogP contribution in [0.1, 0.15) is 65.2 Å². The Balaban J connectivity index is 2.98. The minimum atomic E-state index is 0.218. The molecular formula is C12H28N2. The normalized spacial score (nSPS) is 13.1. The van der Waals surface area contributed by atoms with Gasteiger partial charge in [-0.15, -0.1) is 0 Å². The second kappa shape index (κ2) is 11.0. The number of hydrogen-bond acceptors (Lipinski definition) is 2. The van der Waals surface area contributed by atoms with E-state index in [1.54, 1.807) is 0 Å². The van der Waals surface area contributed by atoms with E-state index in [2.05, 4.69) is 19.2 Å². The number of hydrogen-bond donors (Lipinski definition) is 2. The molecule has 86 valence electrons. The van der Waals surface area contributed by atoms with E-state index in [1.165, 1.54) is 44.9 Å². The third-order valence-electron chi connectivity index (χ3n) is 2.58. The summed E-state index contributed by atoms with van der Waals surface area (Å²) in [4.78, 5) is 0. The smallest absolute Gasteiger partial charge is 0.0546 e. The summed E-state index contributed by atoms with van der Waals surface area (Å²) in [6.45, 7) is 5.34. The molecule has 0 heterocycles. The molecule has 0 aromatic heterocycles. The Labute approximate surface area is 89.6 Å². The summed E-state index contributed by atoms with van der Waals surface area (Å²) in [5.41, 5.74) is 5.84. The lowest BCUT2D eigenvalue weighted by Crippen LogP contribution is -2.36. The van der Waals surface area contributed by atoms with Gasteiger partial charge in [-0.1, -0.05) is 58.8 Å². The molecule has 0 aromatic carbocycles. The topological polar surface area (TPSA) is 38.0 Å². The highest BCUT2D eigenvalue weighted by Gasteiger charge is 1.98. The van der Waals surface area contributed by atoms with Gasteiger partial charge < -0.3 is 11.1 Å². The summed E-state index contributed by atoms with van der Waals surface area (Å²) < 4.78 is 0. The van der Waals surface area contributed by atoms with Gasteiger partial charge in [0.25, 0.3) is 0 Å². The molecule has 0 bridgehead atoms. The molecule has 0 radical (unpaired) electrons. The van der Waals surface area contributed by atoms with Crippen LogP contribution in [0.15, 0.2) is 0 Å². The fourth-order valence-electron chi connectivity index (χ4n) is 1.69. The van der Waals surface area contributed by atoms with Crippen molar-refractivity contribution in [2.24, 2.45) is 5.73 Å². The van der Waals surface area contributed by atoms with Crippen LogP contribution < -0.4 is 11.1 Å². The number of nitrogens with two attached hydrogens (primary N) is 1. The molecule has 0 saturated heterocycles. The predicted octanol–water partition coefficient (Wildman–Crippen LogP) is 3.02. The summed E-state index contributed by atoms with van der Waals surface area (Å²) in [6, 6.07) is 0. The molecule has 1 atom stereocenters. The van der Waals surface area contributed by atoms with Crippen LogP contribution in [0.2, 0.25) is 0 Å². The summed E-state index contributed by atoms with van der Waals surface area (Å²) in [7, 11) is 0. The minimum absolute atomic E-state index is 0.218. The lowest BCUT2D eigenvalue weighted by molar-refractivity contribution is 0.472. The lowest BCUT2D eigenvalue weighted by Gasteiger charge is -2.11. The van der Waals surface area contributed by atoms with E-state index in [0.29, 0.717) is 0 Å². The van der Waals surface area contributed by atoms with Crippen molar-refractivity contribution in [1.29, 1.82) is 0 Å². The standard InChI is InChI=1S/C12H28N2/c1-3-5-6-7-8-9-10-11-12(13)14-4-2/h12,14H,3-11,13H2,1-2H3. The quantitative estimate of drug-likeness (QED) is 0.420. The van der Waals surface area contributed by atoms with Crippen LogP contribution in [0.5, 0.6) is 0 Å². The molecule has 14 heavy (non-hydrogen) atoms. The van der Waals surface area contributed by atoms with Gasteiger partial charge in [-0.25, -0.2) is 0 Å². The molecule has 0 aliphatic rings. The summed E-state index contributed by atoms with van der Waals surface area (Å²) in [5, 5.41) is 3.23. The first-order valence-corrected chi connectivity index (χ1v) is 6.30. The first-order chi connectivity index (χ1) is 6.81. The molecule has 3 N–H and O–H groups in total. The molecule has 0 fully saturated rings. The van der Waals surface area contributed by atoms with Crippen molar-refractivity contribution in [2.45, 2.75) is 71.4 Å². The Morgan fingerprint density at radius 3 is 2.07 bits per heavy atom. The molecule has 2 nitrogen and oxygen atoms in total. The van der Waals surface area contributed by atoms with E-state index >= 15 is 0 Å². The van der Waals surface area contributed by atoms with Gasteiger partial charge in [0.1, 0.15) is 0 Å². The average molecular weight is 200 g/mol. The van der Waals surface area contributed by atoms with Crippen molar-refractivity contribution < 1.29 is 0 Å². The van der Waals surface area contributed by atoms with Crippen molar-refractivity contribution >= 4 is 0 Å². The SMILES string of the molecule is CCCCCCCCCC(N)NCC. The van der Waals surface area contributed by atoms with Gasteiger partial charge in [-0.2, -0.15) is 0 Å². The largest absolute Gasteiger partial charge is 0.316 e. The molecule has 0 spiro atoms. The van der Waals surface area contributed by atoms with Crippen LogP contribution >= 0.6 is 0 Å². The Kier molecular flexibility index (Phi) is 10.9. The molecule has 0 aliphatic heterocycles. The van der Waals surface area contributed by atoms with E-state index < -0.39 is 0 Å². The van der Waals surface area contributed by atoms with Gasteiger partial charge in [0.05, 0.1) is 6.17 Å². The molecular weight excluding hydrogens is 172 g/mol. The van der Waals surface area contributed by atoms with Crippen molar-refractivity contribution in [3.63, 3.8) is 0 Å². The molecule has 0 saturated carbocycles. The second-order valence-electron chi connectivity index (χ2n) is 4.07. The van der Waals surface area contributed by atoms with Crippen LogP contribution in [0.3, 0.4) is 0 Å². The fraction of sp³-hybridized carbons (Fsp3) is 1.00. The zero-order chi connectivity index (χ0) is 10.6. The first-order valence-electron chi connectivity index (χ1n) is 6.30. The average Bonchev–Trinajstić information content (AvgIpc) is 2.17. The fourth-order valence-corrected chi connectivity index (χ4v) is 1.69. The third kappa shape index (κ3) is 10.0. The maximum Gasteiger partial charge on any atom is 0.0546 e. The van der Waals surface area contributed by atoms with Crippen molar-refractivity contribution in [1.82, 2.24) is 5.32 Å². The second-order valence-corrected chi connectivity index (χ2v) is 4.07. The van der Waals surface area contributed by atoms with E-state index in [4.69, 9.17) is 5.73 Å². The number of rotatable bonds is 10. The maximum absolute atomic E-state index is 5.84. The predicted molar refractivity (Wildman–Crippen MR) is 64.3 cm³/mol. The molecule has 2 heteroatoms. The number of nitrogens with one attached hydrogen (secondary N) is 1. The lowest BCUT2D eigenvalue weighted by atomic mass is 10.1. The van der Waals surface area contributed by atoms with Gasteiger partial charge in [0, 0.05) is 0 Å². The summed E-state index contributed by atoms with van der Waals surface area (Å²) >= 11 is 0. The van der Waals surface area contributed by atoms with Gasteiger partial charge >= 0.3 is 0 Å². The highest BCUT2D eigenvalue weighted by atomic mass is 15.0. The van der Waals surface area contributed by atoms with Gasteiger partial charge in [0.15, 0.2) is 0 Å². The van der Waals surface area contributed by atoms with Crippen LogP contribution in [0.25, 0.3) is 0 Å². The third-order valence-corrected chi connectivity index (χ3v) is 2.58. The van der Waals surface area contributed by atoms with Crippen molar-refractivity contribution in [3.8, 4) is 0 Å². The van der Waals surface area contributed by atoms with E-state index in [1.807, 2.05) is 0 Å². The monoisotopic (exact) mass is 200 g/mol. The minimum Gasteiger partial charge on any atom is -0.316 e. The molecule has 0 amide bonds. The van der Waals surface area contributed by atoms with E-state index in [0.717, 1.165) is 13.0 Å². The highest BCUT2D eigenvalue weighted by Crippen LogP contribution is 2.08. The van der Waals surface area contributed by atoms with Crippen LogP contribution in [-0.4, -0.2) is 12.7 Å². The highest BCUT2D eigenvalue weighted by molar-refractivity contribution is 4.57. The van der Waals surface area contributed by atoms with Gasteiger partial charge in [-0.05, 0) is 13.0 Å². The first kappa shape index (κ1) is 13.9. The maximum atomic E-state index is 5.84. The van der Waals surface area contributed by atoms with Crippen molar-refractivity contribution in [3.05, 3.63) is 0 Å². The van der Waals surface area contributed by atoms with E-state index in [9.17, 15) is 0 Å². The molecule has 1 unspecified atom stereocenters. The Hall–Kier alpha value is -0.0800. The molecule has 0 aliphatic carbocycles. The van der Waals surface area contributed by atoms with Crippen LogP contribution in [0.4, 0.5) is 0 Å². The Bertz CT molecular complexity index is 104. The Morgan fingerprint density at radius 2 is 1.50 bits per heavy atom. The van der Waals surface area contributed by atoms with Gasteiger partial charge in [0.2, 0.25) is 0 Å².